The monoisotopic (exact) mass is 453 g/mol. The summed E-state index contributed by atoms with van der Waals surface area (Å²) in [5.74, 6) is -0.381. The summed E-state index contributed by atoms with van der Waals surface area (Å²) in [6.07, 6.45) is 6.72. The van der Waals surface area contributed by atoms with Gasteiger partial charge in [0.15, 0.2) is 5.78 Å². The Morgan fingerprint density at radius 3 is 2.48 bits per heavy atom. The van der Waals surface area contributed by atoms with Crippen molar-refractivity contribution in [3.05, 3.63) is 34.9 Å². The fourth-order valence-corrected chi connectivity index (χ4v) is 6.56. The number of ketones is 1. The van der Waals surface area contributed by atoms with Crippen LogP contribution in [-0.2, 0) is 14.3 Å². The number of carbonyl (C=O) groups is 3. The van der Waals surface area contributed by atoms with Crippen LogP contribution in [0.2, 0.25) is 0 Å². The van der Waals surface area contributed by atoms with E-state index in [1.165, 1.54) is 5.56 Å². The van der Waals surface area contributed by atoms with Gasteiger partial charge < -0.3 is 20.3 Å². The van der Waals surface area contributed by atoms with Crippen LogP contribution in [0.25, 0.3) is 0 Å². The Morgan fingerprint density at radius 2 is 1.79 bits per heavy atom. The first-order chi connectivity index (χ1) is 15.9. The molecule has 3 saturated heterocycles. The molecule has 0 bridgehead atoms. The number of hydrogen-bond acceptors (Lipinski definition) is 5. The highest BCUT2D eigenvalue weighted by Crippen LogP contribution is 2.43. The highest BCUT2D eigenvalue weighted by atomic mass is 16.5. The molecule has 2 N–H and O–H groups in total. The summed E-state index contributed by atoms with van der Waals surface area (Å²) in [5, 5.41) is 0. The lowest BCUT2D eigenvalue weighted by atomic mass is 9.78. The van der Waals surface area contributed by atoms with Crippen molar-refractivity contribution < 1.29 is 19.1 Å². The van der Waals surface area contributed by atoms with E-state index in [-0.39, 0.29) is 30.3 Å². The second-order valence-corrected chi connectivity index (χ2v) is 10.4. The fourth-order valence-electron chi connectivity index (χ4n) is 6.56. The van der Waals surface area contributed by atoms with E-state index >= 15 is 0 Å². The van der Waals surface area contributed by atoms with Gasteiger partial charge in [-0.25, -0.2) is 0 Å². The van der Waals surface area contributed by atoms with Gasteiger partial charge in [-0.05, 0) is 81.3 Å². The smallest absolute Gasteiger partial charge is 0.249 e. The maximum Gasteiger partial charge on any atom is 0.249 e. The van der Waals surface area contributed by atoms with Crippen molar-refractivity contribution in [1.82, 2.24) is 9.80 Å². The fraction of sp³-hybridized carbons (Fsp3) is 0.654. The molecule has 3 aliphatic heterocycles. The van der Waals surface area contributed by atoms with Gasteiger partial charge in [0.05, 0.1) is 12.0 Å². The number of nitrogens with zero attached hydrogens (tertiary/aromatic N) is 2. The molecule has 3 heterocycles. The lowest BCUT2D eigenvalue weighted by Gasteiger charge is -2.33. The number of benzene rings is 1. The quantitative estimate of drug-likeness (QED) is 0.739. The molecule has 5 rings (SSSR count). The first-order valence-corrected chi connectivity index (χ1v) is 12.5. The Labute approximate surface area is 195 Å². The van der Waals surface area contributed by atoms with Gasteiger partial charge in [0.25, 0.3) is 0 Å². The Morgan fingerprint density at radius 1 is 1.06 bits per heavy atom. The van der Waals surface area contributed by atoms with Gasteiger partial charge in [0.1, 0.15) is 12.6 Å². The van der Waals surface area contributed by atoms with Gasteiger partial charge >= 0.3 is 0 Å². The molecule has 0 aromatic heterocycles. The Kier molecular flexibility index (Phi) is 6.27. The van der Waals surface area contributed by atoms with Gasteiger partial charge in [0, 0.05) is 12.1 Å². The summed E-state index contributed by atoms with van der Waals surface area (Å²) in [6.45, 7) is 2.71. The lowest BCUT2D eigenvalue weighted by molar-refractivity contribution is -0.138. The zero-order valence-corrected chi connectivity index (χ0v) is 19.5. The SMILES string of the molecule is CN1CCC(c2ccc(C(N)=O)c([C@@H](C(=O)N3CC[C@H]4OCC(=O)[C@H]43)C3CCCC3)c2)CC1. The van der Waals surface area contributed by atoms with Crippen molar-refractivity contribution in [2.24, 2.45) is 11.7 Å². The molecule has 4 aliphatic rings. The number of rotatable bonds is 5. The van der Waals surface area contributed by atoms with E-state index in [0.29, 0.717) is 24.4 Å². The maximum atomic E-state index is 14.1. The topological polar surface area (TPSA) is 92.9 Å². The molecule has 1 aromatic carbocycles. The number of carbonyl (C=O) groups excluding carboxylic acids is 3. The number of likely N-dealkylation sites (tertiary alicyclic amines) is 2. The van der Waals surface area contributed by atoms with Crippen molar-refractivity contribution in [3.8, 4) is 0 Å². The van der Waals surface area contributed by atoms with E-state index in [0.717, 1.165) is 57.2 Å². The first kappa shape index (κ1) is 22.5. The molecule has 0 unspecified atom stereocenters. The molecule has 1 aliphatic carbocycles. The zero-order chi connectivity index (χ0) is 23.1. The van der Waals surface area contributed by atoms with E-state index in [4.69, 9.17) is 10.5 Å². The number of nitrogens with two attached hydrogens (primary N) is 1. The zero-order valence-electron chi connectivity index (χ0n) is 19.5. The van der Waals surface area contributed by atoms with Crippen LogP contribution in [0.5, 0.6) is 0 Å². The van der Waals surface area contributed by atoms with Crippen molar-refractivity contribution in [2.75, 3.05) is 33.3 Å². The van der Waals surface area contributed by atoms with Gasteiger partial charge in [-0.15, -0.1) is 0 Å². The van der Waals surface area contributed by atoms with Crippen molar-refractivity contribution in [1.29, 1.82) is 0 Å². The van der Waals surface area contributed by atoms with E-state index in [1.54, 1.807) is 4.90 Å². The second kappa shape index (κ2) is 9.18. The molecule has 2 amide bonds. The van der Waals surface area contributed by atoms with Crippen LogP contribution in [0.4, 0.5) is 0 Å². The van der Waals surface area contributed by atoms with Gasteiger partial charge in [0.2, 0.25) is 11.8 Å². The summed E-state index contributed by atoms with van der Waals surface area (Å²) in [5.41, 5.74) is 8.22. The second-order valence-electron chi connectivity index (χ2n) is 10.4. The average molecular weight is 454 g/mol. The number of amides is 2. The molecule has 0 spiro atoms. The maximum absolute atomic E-state index is 14.1. The standard InChI is InChI=1S/C26H35N3O4/c1-28-11-8-16(9-12-28)18-6-7-19(25(27)31)20(14-18)23(17-4-2-3-5-17)26(32)29-13-10-22-24(29)21(30)15-33-22/h6-7,14,16-17,22-24H,2-5,8-13,15H2,1H3,(H2,27,31)/t22-,23+,24-/m1/s1. The number of fused-ring (bicyclic) bond motifs is 1. The predicted octanol–water partition coefficient (Wildman–Crippen LogP) is 2.44. The number of piperidine rings is 1. The highest BCUT2D eigenvalue weighted by Gasteiger charge is 2.49. The summed E-state index contributed by atoms with van der Waals surface area (Å²) in [4.78, 5) is 43.2. The molecule has 1 saturated carbocycles. The van der Waals surface area contributed by atoms with E-state index in [9.17, 15) is 14.4 Å². The molecular weight excluding hydrogens is 418 g/mol. The molecule has 7 nitrogen and oxygen atoms in total. The number of Topliss-reactive ketones (excluding diaryl/α,β-unsaturated/α-hetero) is 1. The van der Waals surface area contributed by atoms with Crippen LogP contribution in [-0.4, -0.2) is 72.8 Å². The summed E-state index contributed by atoms with van der Waals surface area (Å²) < 4.78 is 5.63. The molecule has 7 heteroatoms. The van der Waals surface area contributed by atoms with Crippen LogP contribution in [0.1, 0.15) is 78.3 Å². The van der Waals surface area contributed by atoms with Crippen LogP contribution in [0, 0.1) is 5.92 Å². The minimum atomic E-state index is -0.490. The normalized spacial score (nSPS) is 27.8. The van der Waals surface area contributed by atoms with Gasteiger partial charge in [-0.1, -0.05) is 25.0 Å². The van der Waals surface area contributed by atoms with E-state index < -0.39 is 17.9 Å². The molecule has 1 aromatic rings. The van der Waals surface area contributed by atoms with Crippen LogP contribution < -0.4 is 5.73 Å². The Bertz CT molecular complexity index is 933. The van der Waals surface area contributed by atoms with Crippen LogP contribution in [0.3, 0.4) is 0 Å². The summed E-state index contributed by atoms with van der Waals surface area (Å²) in [6, 6.07) is 5.47. The average Bonchev–Trinajstić information content (AvgIpc) is 3.54. The molecule has 178 valence electrons. The van der Waals surface area contributed by atoms with E-state index in [1.807, 2.05) is 12.1 Å². The lowest BCUT2D eigenvalue weighted by Crippen LogP contribution is -2.45. The Hall–Kier alpha value is -2.25. The molecular formula is C26H35N3O4. The highest BCUT2D eigenvalue weighted by molar-refractivity contribution is 5.99. The molecule has 33 heavy (non-hydrogen) atoms. The Balaban J connectivity index is 1.53. The third-order valence-corrected chi connectivity index (χ3v) is 8.40. The molecule has 0 radical (unpaired) electrons. The summed E-state index contributed by atoms with van der Waals surface area (Å²) in [7, 11) is 2.14. The molecule has 4 fully saturated rings. The van der Waals surface area contributed by atoms with Crippen molar-refractivity contribution >= 4 is 17.6 Å². The number of ether oxygens (including phenoxy) is 1. The third-order valence-electron chi connectivity index (χ3n) is 8.40. The summed E-state index contributed by atoms with van der Waals surface area (Å²) >= 11 is 0. The van der Waals surface area contributed by atoms with Crippen molar-refractivity contribution in [2.45, 2.75) is 68.9 Å². The van der Waals surface area contributed by atoms with Crippen LogP contribution in [0.15, 0.2) is 18.2 Å². The number of hydrogen-bond donors (Lipinski definition) is 1. The largest absolute Gasteiger partial charge is 0.368 e. The van der Waals surface area contributed by atoms with Gasteiger partial charge in [-0.2, -0.15) is 0 Å². The predicted molar refractivity (Wildman–Crippen MR) is 124 cm³/mol. The van der Waals surface area contributed by atoms with Gasteiger partial charge in [-0.3, -0.25) is 14.4 Å². The minimum absolute atomic E-state index is 0.00813. The minimum Gasteiger partial charge on any atom is -0.368 e. The van der Waals surface area contributed by atoms with E-state index in [2.05, 4.69) is 18.0 Å². The number of primary amides is 1. The van der Waals surface area contributed by atoms with Crippen molar-refractivity contribution in [3.63, 3.8) is 0 Å². The third kappa shape index (κ3) is 4.21. The molecule has 3 atom stereocenters. The van der Waals surface area contributed by atoms with Crippen LogP contribution >= 0.6 is 0 Å². The first-order valence-electron chi connectivity index (χ1n) is 12.5.